The van der Waals surface area contributed by atoms with Crippen molar-refractivity contribution < 1.29 is 28.7 Å². The number of imide groups is 2. The van der Waals surface area contributed by atoms with E-state index in [0.717, 1.165) is 4.90 Å². The second kappa shape index (κ2) is 8.06. The first-order valence-corrected chi connectivity index (χ1v) is 7.69. The summed E-state index contributed by atoms with van der Waals surface area (Å²) in [6.07, 6.45) is 1.42. The van der Waals surface area contributed by atoms with Crippen LogP contribution in [0.1, 0.15) is 27.6 Å². The van der Waals surface area contributed by atoms with Gasteiger partial charge in [-0.3, -0.25) is 24.6 Å². The predicted octanol–water partition coefficient (Wildman–Crippen LogP) is 0.226. The lowest BCUT2D eigenvalue weighted by molar-refractivity contribution is -0.151. The summed E-state index contributed by atoms with van der Waals surface area (Å²) in [6.45, 7) is 4.15. The number of rotatable bonds is 6. The third-order valence-electron chi connectivity index (χ3n) is 3.56. The summed E-state index contributed by atoms with van der Waals surface area (Å²) in [7, 11) is 0. The number of hydrogen-bond donors (Lipinski definition) is 2. The average Bonchev–Trinajstić information content (AvgIpc) is 2.88. The minimum absolute atomic E-state index is 0.162. The van der Waals surface area contributed by atoms with Crippen LogP contribution in [0.5, 0.6) is 0 Å². The SMILES string of the molecule is C=CCNC(=O)NC(=O)COC(=O)[C@H](C)N1C(=O)c2ccccc2C1=O. The Hall–Kier alpha value is -3.49. The van der Waals surface area contributed by atoms with Crippen LogP contribution in [0.4, 0.5) is 4.79 Å². The Morgan fingerprint density at radius 2 is 1.77 bits per heavy atom. The van der Waals surface area contributed by atoms with Gasteiger partial charge in [0, 0.05) is 6.54 Å². The molecule has 1 aromatic rings. The molecule has 0 aromatic heterocycles. The van der Waals surface area contributed by atoms with Crippen LogP contribution in [0.3, 0.4) is 0 Å². The Bertz CT molecular complexity index is 753. The number of nitrogens with one attached hydrogen (secondary N) is 2. The Kier molecular flexibility index (Phi) is 5.84. The standard InChI is InChI=1S/C17H17N3O6/c1-3-8-18-17(25)19-13(21)9-26-16(24)10(2)20-14(22)11-6-4-5-7-12(11)15(20)23/h3-7,10H,1,8-9H2,2H3,(H2,18,19,21,25)/t10-/m0/s1. The first kappa shape index (κ1) is 18.8. The first-order valence-electron chi connectivity index (χ1n) is 7.69. The maximum absolute atomic E-state index is 12.3. The van der Waals surface area contributed by atoms with E-state index in [1.807, 2.05) is 5.32 Å². The van der Waals surface area contributed by atoms with Gasteiger partial charge in [-0.2, -0.15) is 0 Å². The normalized spacial score (nSPS) is 13.7. The summed E-state index contributed by atoms with van der Waals surface area (Å²) in [5.41, 5.74) is 0.405. The van der Waals surface area contributed by atoms with Gasteiger partial charge in [0.15, 0.2) is 6.61 Å². The highest BCUT2D eigenvalue weighted by molar-refractivity contribution is 6.22. The lowest BCUT2D eigenvalue weighted by Gasteiger charge is -2.20. The number of carbonyl (C=O) groups is 5. The van der Waals surface area contributed by atoms with Crippen LogP contribution in [0.25, 0.3) is 0 Å². The third kappa shape index (κ3) is 3.94. The van der Waals surface area contributed by atoms with Gasteiger partial charge in [0.2, 0.25) is 0 Å². The fraction of sp³-hybridized carbons (Fsp3) is 0.235. The van der Waals surface area contributed by atoms with Gasteiger partial charge < -0.3 is 10.1 Å². The summed E-state index contributed by atoms with van der Waals surface area (Å²) in [4.78, 5) is 60.3. The number of esters is 1. The topological polar surface area (TPSA) is 122 Å². The van der Waals surface area contributed by atoms with Crippen molar-refractivity contribution in [3.8, 4) is 0 Å². The van der Waals surface area contributed by atoms with Gasteiger partial charge in [0.25, 0.3) is 17.7 Å². The van der Waals surface area contributed by atoms with Crippen molar-refractivity contribution in [3.05, 3.63) is 48.0 Å². The summed E-state index contributed by atoms with van der Waals surface area (Å²) in [6, 6.07) is 4.21. The minimum atomic E-state index is -1.22. The zero-order valence-electron chi connectivity index (χ0n) is 14.0. The van der Waals surface area contributed by atoms with Crippen molar-refractivity contribution in [2.75, 3.05) is 13.2 Å². The molecular weight excluding hydrogens is 342 g/mol. The highest BCUT2D eigenvalue weighted by atomic mass is 16.5. The van der Waals surface area contributed by atoms with Crippen molar-refractivity contribution in [1.82, 2.24) is 15.5 Å². The molecule has 1 aliphatic rings. The molecule has 1 atom stereocenters. The van der Waals surface area contributed by atoms with Crippen LogP contribution < -0.4 is 10.6 Å². The molecule has 9 heteroatoms. The zero-order valence-corrected chi connectivity index (χ0v) is 14.0. The van der Waals surface area contributed by atoms with Crippen molar-refractivity contribution in [1.29, 1.82) is 0 Å². The molecule has 0 fully saturated rings. The number of urea groups is 1. The van der Waals surface area contributed by atoms with Crippen molar-refractivity contribution in [2.45, 2.75) is 13.0 Å². The zero-order chi connectivity index (χ0) is 19.3. The molecule has 0 saturated heterocycles. The number of hydrogen-bond acceptors (Lipinski definition) is 6. The maximum Gasteiger partial charge on any atom is 0.329 e. The molecule has 26 heavy (non-hydrogen) atoms. The van der Waals surface area contributed by atoms with Gasteiger partial charge >= 0.3 is 12.0 Å². The van der Waals surface area contributed by atoms with Gasteiger partial charge in [-0.15, -0.1) is 6.58 Å². The van der Waals surface area contributed by atoms with Crippen LogP contribution in [-0.2, 0) is 14.3 Å². The second-order valence-corrected chi connectivity index (χ2v) is 5.36. The molecule has 5 amide bonds. The van der Waals surface area contributed by atoms with E-state index in [9.17, 15) is 24.0 Å². The molecule has 136 valence electrons. The van der Waals surface area contributed by atoms with E-state index in [0.29, 0.717) is 0 Å². The Balaban J connectivity index is 1.91. The number of fused-ring (bicyclic) bond motifs is 1. The van der Waals surface area contributed by atoms with Crippen LogP contribution in [0.15, 0.2) is 36.9 Å². The van der Waals surface area contributed by atoms with Gasteiger partial charge in [-0.05, 0) is 19.1 Å². The summed E-state index contributed by atoms with van der Waals surface area (Å²) >= 11 is 0. The average molecular weight is 359 g/mol. The maximum atomic E-state index is 12.3. The van der Waals surface area contributed by atoms with Crippen molar-refractivity contribution >= 4 is 29.7 Å². The molecule has 9 nitrogen and oxygen atoms in total. The van der Waals surface area contributed by atoms with Crippen molar-refractivity contribution in [2.24, 2.45) is 0 Å². The van der Waals surface area contributed by atoms with Crippen LogP contribution >= 0.6 is 0 Å². The van der Waals surface area contributed by atoms with E-state index in [-0.39, 0.29) is 17.7 Å². The first-order chi connectivity index (χ1) is 12.4. The quantitative estimate of drug-likeness (QED) is 0.426. The molecule has 1 aromatic carbocycles. The lowest BCUT2D eigenvalue weighted by Crippen LogP contribution is -2.45. The molecule has 0 spiro atoms. The summed E-state index contributed by atoms with van der Waals surface area (Å²) in [5.74, 6) is -3.01. The van der Waals surface area contributed by atoms with Gasteiger partial charge in [-0.1, -0.05) is 18.2 Å². The van der Waals surface area contributed by atoms with Crippen molar-refractivity contribution in [3.63, 3.8) is 0 Å². The summed E-state index contributed by atoms with van der Waals surface area (Å²) in [5, 5.41) is 4.26. The van der Waals surface area contributed by atoms with Crippen LogP contribution in [-0.4, -0.2) is 53.8 Å². The Morgan fingerprint density at radius 3 is 2.31 bits per heavy atom. The van der Waals surface area contributed by atoms with Crippen LogP contribution in [0.2, 0.25) is 0 Å². The number of benzene rings is 1. The molecular formula is C17H17N3O6. The lowest BCUT2D eigenvalue weighted by atomic mass is 10.1. The highest BCUT2D eigenvalue weighted by Crippen LogP contribution is 2.24. The van der Waals surface area contributed by atoms with Crippen LogP contribution in [0, 0.1) is 0 Å². The van der Waals surface area contributed by atoms with E-state index in [1.54, 1.807) is 12.1 Å². The third-order valence-corrected chi connectivity index (χ3v) is 3.56. The van der Waals surface area contributed by atoms with Gasteiger partial charge in [0.1, 0.15) is 6.04 Å². The fourth-order valence-corrected chi connectivity index (χ4v) is 2.29. The minimum Gasteiger partial charge on any atom is -0.454 e. The number of nitrogens with zero attached hydrogens (tertiary/aromatic N) is 1. The molecule has 1 aliphatic heterocycles. The Labute approximate surface area is 149 Å². The van der Waals surface area contributed by atoms with E-state index >= 15 is 0 Å². The monoisotopic (exact) mass is 359 g/mol. The molecule has 2 N–H and O–H groups in total. The Morgan fingerprint density at radius 1 is 1.19 bits per heavy atom. The van der Waals surface area contributed by atoms with E-state index in [2.05, 4.69) is 11.9 Å². The largest absolute Gasteiger partial charge is 0.454 e. The molecule has 0 aliphatic carbocycles. The highest BCUT2D eigenvalue weighted by Gasteiger charge is 2.41. The molecule has 2 rings (SSSR count). The molecule has 0 saturated carbocycles. The van der Waals surface area contributed by atoms with E-state index in [1.165, 1.54) is 25.1 Å². The summed E-state index contributed by atoms with van der Waals surface area (Å²) < 4.78 is 4.78. The molecule has 0 radical (unpaired) electrons. The van der Waals surface area contributed by atoms with Gasteiger partial charge in [0.05, 0.1) is 11.1 Å². The molecule has 0 bridgehead atoms. The predicted molar refractivity (Wildman–Crippen MR) is 89.1 cm³/mol. The van der Waals surface area contributed by atoms with E-state index < -0.39 is 42.4 Å². The number of ether oxygens (including phenoxy) is 1. The molecule has 0 unspecified atom stereocenters. The second-order valence-electron chi connectivity index (χ2n) is 5.36. The van der Waals surface area contributed by atoms with Gasteiger partial charge in [-0.25, -0.2) is 9.59 Å². The van der Waals surface area contributed by atoms with E-state index in [4.69, 9.17) is 4.74 Å². The molecule has 1 heterocycles. The number of amides is 5. The fourth-order valence-electron chi connectivity index (χ4n) is 2.29. The smallest absolute Gasteiger partial charge is 0.329 e. The number of carbonyl (C=O) groups excluding carboxylic acids is 5.